The quantitative estimate of drug-likeness (QED) is 0.600. The number of ether oxygens (including phenoxy) is 2. The second kappa shape index (κ2) is 8.67. The van der Waals surface area contributed by atoms with E-state index in [0.29, 0.717) is 12.4 Å². The van der Waals surface area contributed by atoms with Gasteiger partial charge < -0.3 is 19.4 Å². The van der Waals surface area contributed by atoms with Gasteiger partial charge in [0.2, 0.25) is 5.91 Å². The van der Waals surface area contributed by atoms with Crippen molar-refractivity contribution >= 4 is 15.9 Å². The molecule has 0 spiro atoms. The molecule has 1 aliphatic rings. The number of imidazole rings is 1. The summed E-state index contributed by atoms with van der Waals surface area (Å²) < 4.78 is 39.6. The minimum Gasteiger partial charge on any atom is -0.487 e. The Labute approximate surface area is 163 Å². The Bertz CT molecular complexity index is 902. The molecule has 1 saturated heterocycles. The van der Waals surface area contributed by atoms with E-state index in [1.165, 1.54) is 19.6 Å². The summed E-state index contributed by atoms with van der Waals surface area (Å²) in [4.78, 5) is 20.6. The molecular formula is C17H23N5O5S. The molecule has 0 bridgehead atoms. The molecule has 152 valence electrons. The average Bonchev–Trinajstić information content (AvgIpc) is 3.30. The second-order valence-corrected chi connectivity index (χ2v) is 8.25. The van der Waals surface area contributed by atoms with E-state index in [0.717, 1.165) is 4.31 Å². The van der Waals surface area contributed by atoms with Gasteiger partial charge in [0.05, 0.1) is 25.7 Å². The smallest absolute Gasteiger partial charge is 0.262 e. The van der Waals surface area contributed by atoms with Gasteiger partial charge in [0.15, 0.2) is 5.03 Å². The zero-order chi connectivity index (χ0) is 20.1. The summed E-state index contributed by atoms with van der Waals surface area (Å²) in [5.41, 5.74) is 0. The highest BCUT2D eigenvalue weighted by atomic mass is 32.2. The van der Waals surface area contributed by atoms with Crippen LogP contribution >= 0.6 is 0 Å². The van der Waals surface area contributed by atoms with Gasteiger partial charge in [-0.05, 0) is 12.1 Å². The molecule has 0 aliphatic carbocycles. The Morgan fingerprint density at radius 2 is 2.25 bits per heavy atom. The average molecular weight is 409 g/mol. The maximum Gasteiger partial charge on any atom is 0.262 e. The number of carbonyl (C=O) groups excluding carboxylic acids is 1. The topological polar surface area (TPSA) is 116 Å². The third-order valence-electron chi connectivity index (χ3n) is 4.32. The minimum absolute atomic E-state index is 0.0379. The highest BCUT2D eigenvalue weighted by Gasteiger charge is 2.45. The summed E-state index contributed by atoms with van der Waals surface area (Å²) >= 11 is 0. The van der Waals surface area contributed by atoms with E-state index in [9.17, 15) is 13.2 Å². The number of aromatic nitrogens is 3. The van der Waals surface area contributed by atoms with Crippen LogP contribution in [0.1, 0.15) is 6.42 Å². The van der Waals surface area contributed by atoms with Crippen LogP contribution in [-0.4, -0.2) is 72.1 Å². The SMILES string of the molecule is COCCNC(=O)[C@H]1C[C@H](Oc2cccnc2)CN1S(=O)(=O)c1cn(C)cn1. The van der Waals surface area contributed by atoms with Crippen molar-refractivity contribution in [3.8, 4) is 5.75 Å². The van der Waals surface area contributed by atoms with Crippen LogP contribution in [0.15, 0.2) is 42.1 Å². The molecule has 2 aromatic heterocycles. The maximum atomic E-state index is 13.1. The van der Waals surface area contributed by atoms with Gasteiger partial charge in [0, 0.05) is 39.5 Å². The number of methoxy groups -OCH3 is 1. The maximum absolute atomic E-state index is 13.1. The molecule has 0 saturated carbocycles. The van der Waals surface area contributed by atoms with E-state index >= 15 is 0 Å². The predicted octanol–water partition coefficient (Wildman–Crippen LogP) is -0.212. The number of amides is 1. The zero-order valence-electron chi connectivity index (χ0n) is 15.7. The Balaban J connectivity index is 1.82. The van der Waals surface area contributed by atoms with Crippen molar-refractivity contribution < 1.29 is 22.7 Å². The van der Waals surface area contributed by atoms with Gasteiger partial charge in [-0.15, -0.1) is 0 Å². The summed E-state index contributed by atoms with van der Waals surface area (Å²) in [5.74, 6) is 0.122. The van der Waals surface area contributed by atoms with Crippen molar-refractivity contribution in [1.82, 2.24) is 24.2 Å². The lowest BCUT2D eigenvalue weighted by atomic mass is 10.2. The van der Waals surface area contributed by atoms with E-state index in [2.05, 4.69) is 15.3 Å². The van der Waals surface area contributed by atoms with Crippen LogP contribution in [0.3, 0.4) is 0 Å². The number of pyridine rings is 1. The molecule has 0 unspecified atom stereocenters. The van der Waals surface area contributed by atoms with Crippen LogP contribution in [0.25, 0.3) is 0 Å². The second-order valence-electron chi connectivity index (χ2n) is 6.42. The zero-order valence-corrected chi connectivity index (χ0v) is 16.5. The molecule has 3 heterocycles. The molecule has 0 aromatic carbocycles. The lowest BCUT2D eigenvalue weighted by Gasteiger charge is -2.21. The van der Waals surface area contributed by atoms with Crippen LogP contribution in [0.5, 0.6) is 5.75 Å². The van der Waals surface area contributed by atoms with Crippen LogP contribution < -0.4 is 10.1 Å². The Kier molecular flexibility index (Phi) is 6.27. The van der Waals surface area contributed by atoms with E-state index in [1.54, 1.807) is 36.1 Å². The van der Waals surface area contributed by atoms with Crippen LogP contribution in [0.4, 0.5) is 0 Å². The molecule has 2 aromatic rings. The van der Waals surface area contributed by atoms with Crippen LogP contribution in [0.2, 0.25) is 0 Å². The summed E-state index contributed by atoms with van der Waals surface area (Å²) in [6.07, 6.45) is 5.71. The largest absolute Gasteiger partial charge is 0.487 e. The molecule has 0 radical (unpaired) electrons. The summed E-state index contributed by atoms with van der Waals surface area (Å²) in [7, 11) is -0.749. The van der Waals surface area contributed by atoms with Crippen molar-refractivity contribution in [2.24, 2.45) is 7.05 Å². The number of hydrogen-bond donors (Lipinski definition) is 1. The fraction of sp³-hybridized carbons (Fsp3) is 0.471. The Morgan fingerprint density at radius 3 is 2.89 bits per heavy atom. The van der Waals surface area contributed by atoms with Crippen molar-refractivity contribution in [2.45, 2.75) is 23.6 Å². The first-order chi connectivity index (χ1) is 13.4. The number of carbonyl (C=O) groups is 1. The van der Waals surface area contributed by atoms with E-state index in [1.807, 2.05) is 0 Å². The molecule has 1 fully saturated rings. The molecule has 28 heavy (non-hydrogen) atoms. The number of sulfonamides is 1. The summed E-state index contributed by atoms with van der Waals surface area (Å²) in [5, 5.41) is 2.60. The molecule has 10 nitrogen and oxygen atoms in total. The Morgan fingerprint density at radius 1 is 1.43 bits per heavy atom. The number of rotatable bonds is 8. The van der Waals surface area contributed by atoms with Gasteiger partial charge >= 0.3 is 0 Å². The number of nitrogens with one attached hydrogen (secondary N) is 1. The van der Waals surface area contributed by atoms with Gasteiger partial charge in [-0.1, -0.05) is 0 Å². The van der Waals surface area contributed by atoms with Crippen molar-refractivity contribution in [2.75, 3.05) is 26.8 Å². The molecule has 2 atom stereocenters. The van der Waals surface area contributed by atoms with E-state index in [-0.39, 0.29) is 24.5 Å². The van der Waals surface area contributed by atoms with Gasteiger partial charge in [-0.2, -0.15) is 4.31 Å². The lowest BCUT2D eigenvalue weighted by molar-refractivity contribution is -0.124. The fourth-order valence-electron chi connectivity index (χ4n) is 3.00. The molecule has 3 rings (SSSR count). The third kappa shape index (κ3) is 4.49. The van der Waals surface area contributed by atoms with Gasteiger partial charge in [-0.3, -0.25) is 9.78 Å². The lowest BCUT2D eigenvalue weighted by Crippen LogP contribution is -2.46. The first kappa shape index (κ1) is 20.2. The summed E-state index contributed by atoms with van der Waals surface area (Å²) in [6, 6.07) is 2.56. The predicted molar refractivity (Wildman–Crippen MR) is 99.0 cm³/mol. The molecular weight excluding hydrogens is 386 g/mol. The van der Waals surface area contributed by atoms with Gasteiger partial charge in [-0.25, -0.2) is 13.4 Å². The Hall–Kier alpha value is -2.50. The van der Waals surface area contributed by atoms with E-state index in [4.69, 9.17) is 9.47 Å². The summed E-state index contributed by atoms with van der Waals surface area (Å²) in [6.45, 7) is 0.661. The normalized spacial score (nSPS) is 20.2. The van der Waals surface area contributed by atoms with Crippen LogP contribution in [-0.2, 0) is 26.6 Å². The standard InChI is InChI=1S/C17H23N5O5S/c1-21-11-16(20-12-21)28(24,25)22-10-14(27-13-4-3-5-18-9-13)8-15(22)17(23)19-6-7-26-2/h3-5,9,11-12,14-15H,6-8,10H2,1-2H3,(H,19,23)/t14-,15+/m0/s1. The number of nitrogens with zero attached hydrogens (tertiary/aromatic N) is 4. The van der Waals surface area contributed by atoms with Crippen molar-refractivity contribution in [3.05, 3.63) is 37.1 Å². The molecule has 1 aliphatic heterocycles. The molecule has 11 heteroatoms. The third-order valence-corrected chi connectivity index (χ3v) is 6.08. The van der Waals surface area contributed by atoms with Gasteiger partial charge in [0.25, 0.3) is 10.0 Å². The van der Waals surface area contributed by atoms with Crippen molar-refractivity contribution in [3.63, 3.8) is 0 Å². The first-order valence-electron chi connectivity index (χ1n) is 8.75. The fourth-order valence-corrected chi connectivity index (χ4v) is 4.60. The minimum atomic E-state index is -3.95. The van der Waals surface area contributed by atoms with E-state index < -0.39 is 28.1 Å². The number of hydrogen-bond acceptors (Lipinski definition) is 7. The highest BCUT2D eigenvalue weighted by molar-refractivity contribution is 7.89. The van der Waals surface area contributed by atoms with Gasteiger partial charge in [0.1, 0.15) is 17.9 Å². The first-order valence-corrected chi connectivity index (χ1v) is 10.2. The van der Waals surface area contributed by atoms with Crippen molar-refractivity contribution in [1.29, 1.82) is 0 Å². The van der Waals surface area contributed by atoms with Crippen LogP contribution in [0, 0.1) is 0 Å². The molecule has 1 amide bonds. The highest BCUT2D eigenvalue weighted by Crippen LogP contribution is 2.28. The monoisotopic (exact) mass is 409 g/mol. The number of aryl methyl sites for hydroxylation is 1. The molecule has 1 N–H and O–H groups in total.